The molecule has 2 aromatic rings. The number of quaternary nitrogens is 1. The molecule has 6 heteroatoms. The highest BCUT2D eigenvalue weighted by molar-refractivity contribution is 7.98. The molecule has 0 aliphatic carbocycles. The summed E-state index contributed by atoms with van der Waals surface area (Å²) in [5.74, 6) is 0.581. The van der Waals surface area contributed by atoms with E-state index in [4.69, 9.17) is 0 Å². The third-order valence-electron chi connectivity index (χ3n) is 5.25. The van der Waals surface area contributed by atoms with Crippen LogP contribution in [0.3, 0.4) is 0 Å². The van der Waals surface area contributed by atoms with Gasteiger partial charge in [-0.25, -0.2) is 0 Å². The molecule has 5 nitrogen and oxygen atoms in total. The van der Waals surface area contributed by atoms with E-state index in [0.717, 1.165) is 29.1 Å². The molecule has 29 heavy (non-hydrogen) atoms. The maximum atomic E-state index is 12.9. The molecule has 1 heterocycles. The summed E-state index contributed by atoms with van der Waals surface area (Å²) in [7, 11) is 0. The molecule has 2 aromatic carbocycles. The molecule has 0 fully saturated rings. The average Bonchev–Trinajstić information content (AvgIpc) is 2.69. The van der Waals surface area contributed by atoms with E-state index in [9.17, 15) is 9.59 Å². The standard InChI is InChI=1S/C23H29N3O2S/c1-15-10-16(2)12-19(11-15)25-22(27)20(8-9-29-3)26-23(28)21-13-17-6-4-5-7-18(17)14-24-21/h4-7,10-12,20-21,24H,8-9,13-14H2,1-3H3,(H,25,27)(H,26,28)/p+1/t20-,21-/m0/s1. The van der Waals surface area contributed by atoms with Crippen LogP contribution in [0.5, 0.6) is 0 Å². The van der Waals surface area contributed by atoms with Crippen LogP contribution >= 0.6 is 11.8 Å². The molecule has 154 valence electrons. The molecule has 0 saturated carbocycles. The van der Waals surface area contributed by atoms with E-state index in [1.54, 1.807) is 11.8 Å². The molecular weight excluding hydrogens is 382 g/mol. The van der Waals surface area contributed by atoms with Gasteiger partial charge in [-0.1, -0.05) is 30.3 Å². The van der Waals surface area contributed by atoms with Gasteiger partial charge in [-0.05, 0) is 61.1 Å². The number of hydrogen-bond donors (Lipinski definition) is 3. The van der Waals surface area contributed by atoms with Crippen LogP contribution in [-0.4, -0.2) is 35.9 Å². The fraction of sp³-hybridized carbons (Fsp3) is 0.391. The van der Waals surface area contributed by atoms with Crippen LogP contribution in [0.1, 0.15) is 28.7 Å². The molecule has 2 amide bonds. The van der Waals surface area contributed by atoms with E-state index in [2.05, 4.69) is 34.1 Å². The van der Waals surface area contributed by atoms with Crippen LogP contribution < -0.4 is 16.0 Å². The van der Waals surface area contributed by atoms with E-state index < -0.39 is 6.04 Å². The van der Waals surface area contributed by atoms with Gasteiger partial charge >= 0.3 is 0 Å². The van der Waals surface area contributed by atoms with Crippen molar-refractivity contribution in [3.8, 4) is 0 Å². The van der Waals surface area contributed by atoms with Crippen LogP contribution in [0.15, 0.2) is 42.5 Å². The maximum absolute atomic E-state index is 12.9. The largest absolute Gasteiger partial charge is 0.339 e. The zero-order chi connectivity index (χ0) is 20.8. The van der Waals surface area contributed by atoms with Gasteiger partial charge in [-0.15, -0.1) is 0 Å². The smallest absolute Gasteiger partial charge is 0.279 e. The zero-order valence-corrected chi connectivity index (χ0v) is 18.1. The van der Waals surface area contributed by atoms with E-state index in [0.29, 0.717) is 12.8 Å². The summed E-state index contributed by atoms with van der Waals surface area (Å²) in [5, 5.41) is 8.05. The van der Waals surface area contributed by atoms with Crippen molar-refractivity contribution < 1.29 is 14.9 Å². The van der Waals surface area contributed by atoms with Gasteiger partial charge in [0.1, 0.15) is 12.6 Å². The van der Waals surface area contributed by atoms with Gasteiger partial charge in [-0.2, -0.15) is 11.8 Å². The van der Waals surface area contributed by atoms with Gasteiger partial charge in [0.25, 0.3) is 5.91 Å². The lowest BCUT2D eigenvalue weighted by Gasteiger charge is -2.25. The predicted octanol–water partition coefficient (Wildman–Crippen LogP) is 2.17. The topological polar surface area (TPSA) is 74.8 Å². The van der Waals surface area contributed by atoms with Crippen molar-refractivity contribution in [2.45, 2.75) is 45.3 Å². The van der Waals surface area contributed by atoms with Crippen LogP contribution in [0.25, 0.3) is 0 Å². The summed E-state index contributed by atoms with van der Waals surface area (Å²) in [6.45, 7) is 4.80. The average molecular weight is 413 g/mol. The van der Waals surface area contributed by atoms with Crippen molar-refractivity contribution in [2.75, 3.05) is 17.3 Å². The molecule has 0 spiro atoms. The van der Waals surface area contributed by atoms with Gasteiger partial charge in [0.05, 0.1) is 0 Å². The summed E-state index contributed by atoms with van der Waals surface area (Å²) in [6.07, 6.45) is 3.30. The van der Waals surface area contributed by atoms with Crippen LogP contribution in [-0.2, 0) is 22.6 Å². The van der Waals surface area contributed by atoms with Gasteiger partial charge < -0.3 is 16.0 Å². The number of nitrogens with two attached hydrogens (primary N) is 1. The van der Waals surface area contributed by atoms with E-state index in [1.807, 2.05) is 44.4 Å². The second-order valence-electron chi connectivity index (χ2n) is 7.73. The van der Waals surface area contributed by atoms with Crippen LogP contribution in [0, 0.1) is 13.8 Å². The van der Waals surface area contributed by atoms with Crippen molar-refractivity contribution in [3.05, 3.63) is 64.7 Å². The van der Waals surface area contributed by atoms with Crippen LogP contribution in [0.4, 0.5) is 5.69 Å². The minimum absolute atomic E-state index is 0.0684. The molecule has 4 N–H and O–H groups in total. The summed E-state index contributed by atoms with van der Waals surface area (Å²) in [4.78, 5) is 25.8. The van der Waals surface area contributed by atoms with E-state index in [1.165, 1.54) is 11.1 Å². The number of carbonyl (C=O) groups excluding carboxylic acids is 2. The number of nitrogens with one attached hydrogen (secondary N) is 2. The summed E-state index contributed by atoms with van der Waals surface area (Å²) >= 11 is 1.67. The highest BCUT2D eigenvalue weighted by Crippen LogP contribution is 2.16. The molecule has 0 saturated heterocycles. The van der Waals surface area contributed by atoms with Gasteiger partial charge in [0.2, 0.25) is 5.91 Å². The number of amides is 2. The number of aryl methyl sites for hydroxylation is 2. The number of hydrogen-bond acceptors (Lipinski definition) is 3. The Balaban J connectivity index is 1.66. The molecule has 0 unspecified atom stereocenters. The number of thioether (sulfide) groups is 1. The Hall–Kier alpha value is -2.31. The van der Waals surface area contributed by atoms with Gasteiger partial charge in [-0.3, -0.25) is 9.59 Å². The molecule has 3 rings (SSSR count). The maximum Gasteiger partial charge on any atom is 0.279 e. The number of fused-ring (bicyclic) bond motifs is 1. The molecule has 0 bridgehead atoms. The fourth-order valence-corrected chi connectivity index (χ4v) is 4.28. The second-order valence-corrected chi connectivity index (χ2v) is 8.71. The van der Waals surface area contributed by atoms with Gasteiger partial charge in [0.15, 0.2) is 6.04 Å². The third kappa shape index (κ3) is 5.84. The van der Waals surface area contributed by atoms with Crippen molar-refractivity contribution in [1.82, 2.24) is 5.32 Å². The van der Waals surface area contributed by atoms with Crippen molar-refractivity contribution in [1.29, 1.82) is 0 Å². The Morgan fingerprint density at radius 1 is 1.14 bits per heavy atom. The SMILES string of the molecule is CSCC[C@H](NC(=O)[C@@H]1Cc2ccccc2C[NH2+]1)C(=O)Nc1cc(C)cc(C)c1. The lowest BCUT2D eigenvalue weighted by Crippen LogP contribution is -2.93. The highest BCUT2D eigenvalue weighted by Gasteiger charge is 2.30. The quantitative estimate of drug-likeness (QED) is 0.652. The van der Waals surface area contributed by atoms with Crippen LogP contribution in [0.2, 0.25) is 0 Å². The normalized spacial score (nSPS) is 16.6. The summed E-state index contributed by atoms with van der Waals surface area (Å²) in [5.41, 5.74) is 5.47. The Morgan fingerprint density at radius 3 is 2.52 bits per heavy atom. The van der Waals surface area contributed by atoms with E-state index >= 15 is 0 Å². The molecule has 2 atom stereocenters. The molecule has 0 aromatic heterocycles. The van der Waals surface area contributed by atoms with Crippen molar-refractivity contribution in [2.24, 2.45) is 0 Å². The first-order valence-electron chi connectivity index (χ1n) is 10.0. The number of carbonyl (C=O) groups is 2. The minimum atomic E-state index is -0.540. The van der Waals surface area contributed by atoms with Crippen molar-refractivity contribution >= 4 is 29.3 Å². The lowest BCUT2D eigenvalue weighted by atomic mass is 9.95. The lowest BCUT2D eigenvalue weighted by molar-refractivity contribution is -0.695. The second kappa shape index (κ2) is 9.94. The summed E-state index contributed by atoms with van der Waals surface area (Å²) < 4.78 is 0. The zero-order valence-electron chi connectivity index (χ0n) is 17.3. The van der Waals surface area contributed by atoms with E-state index in [-0.39, 0.29) is 17.9 Å². The third-order valence-corrected chi connectivity index (χ3v) is 5.89. The molecule has 1 aliphatic heterocycles. The Kier molecular flexibility index (Phi) is 7.34. The first-order chi connectivity index (χ1) is 14.0. The monoisotopic (exact) mass is 412 g/mol. The minimum Gasteiger partial charge on any atom is -0.339 e. The highest BCUT2D eigenvalue weighted by atomic mass is 32.2. The first kappa shape index (κ1) is 21.4. The first-order valence-corrected chi connectivity index (χ1v) is 11.4. The Labute approximate surface area is 177 Å². The number of rotatable bonds is 7. The fourth-order valence-electron chi connectivity index (χ4n) is 3.80. The number of anilines is 1. The summed E-state index contributed by atoms with van der Waals surface area (Å²) in [6, 6.07) is 13.5. The predicted molar refractivity (Wildman–Crippen MR) is 119 cm³/mol. The molecule has 1 aliphatic rings. The Morgan fingerprint density at radius 2 is 1.83 bits per heavy atom. The molecule has 0 radical (unpaired) electrons. The van der Waals surface area contributed by atoms with Gasteiger partial charge in [0, 0.05) is 17.7 Å². The molecular formula is C23H30N3O2S+. The number of benzene rings is 2. The Bertz CT molecular complexity index is 864. The van der Waals surface area contributed by atoms with Crippen molar-refractivity contribution in [3.63, 3.8) is 0 Å².